The first kappa shape index (κ1) is 18.6. The van der Waals surface area contributed by atoms with Crippen molar-refractivity contribution >= 4 is 27.9 Å². The number of nitrogens with one attached hydrogen (secondary N) is 1. The summed E-state index contributed by atoms with van der Waals surface area (Å²) < 4.78 is 25.1. The lowest BCUT2D eigenvalue weighted by molar-refractivity contribution is -0.131. The maximum Gasteiger partial charge on any atom is 0.219 e. The first-order valence-electron chi connectivity index (χ1n) is 9.45. The van der Waals surface area contributed by atoms with E-state index >= 15 is 0 Å². The van der Waals surface area contributed by atoms with Crippen molar-refractivity contribution in [1.82, 2.24) is 15.1 Å². The predicted octanol–water partition coefficient (Wildman–Crippen LogP) is 0.232. The number of fused-ring (bicyclic) bond motifs is 1. The third-order valence-electron chi connectivity index (χ3n) is 6.66. The highest BCUT2D eigenvalue weighted by Gasteiger charge is 2.49. The summed E-state index contributed by atoms with van der Waals surface area (Å²) in [4.78, 5) is 24.1. The van der Waals surface area contributed by atoms with Gasteiger partial charge in [0.25, 0.3) is 0 Å². The molecule has 0 aromatic carbocycles. The Hall–Kier alpha value is -1.74. The molecule has 4 aliphatic rings. The van der Waals surface area contributed by atoms with Gasteiger partial charge in [0.1, 0.15) is 17.8 Å². The molecule has 3 heterocycles. The number of likely N-dealkylation sites (tertiary alicyclic amines) is 1. The quantitative estimate of drug-likeness (QED) is 0.722. The van der Waals surface area contributed by atoms with Crippen molar-refractivity contribution < 1.29 is 13.2 Å². The molecule has 1 aliphatic carbocycles. The molecular weight excluding hydrogens is 366 g/mol. The Labute approximate surface area is 160 Å². The van der Waals surface area contributed by atoms with Crippen LogP contribution in [0.3, 0.4) is 0 Å². The number of hydrogen-bond acceptors (Lipinski definition) is 7. The standard InChI is InChI=1S/C18H27N5O3S/c1-12(24)23-8-15(9-23)27(25,26)10-13-6-14(7-13)22(3)18(2)16-4-5-19-17(16)20-11-21-18/h4-5,11,13-16H,6-10H2,1-3H3,(H,19,20,21)/t13-,14+,16?,18?. The lowest BCUT2D eigenvalue weighted by Gasteiger charge is -2.50. The van der Waals surface area contributed by atoms with Gasteiger partial charge in [0.05, 0.1) is 16.9 Å². The van der Waals surface area contributed by atoms with Crippen molar-refractivity contribution in [3.8, 4) is 0 Å². The molecule has 1 saturated carbocycles. The monoisotopic (exact) mass is 393 g/mol. The van der Waals surface area contributed by atoms with Gasteiger partial charge in [-0.25, -0.2) is 13.4 Å². The molecule has 0 spiro atoms. The fraction of sp³-hybridized carbons (Fsp3) is 0.722. The Morgan fingerprint density at radius 3 is 2.78 bits per heavy atom. The maximum atomic E-state index is 12.6. The topological polar surface area (TPSA) is 94.4 Å². The highest BCUT2D eigenvalue weighted by molar-refractivity contribution is 7.92. The normalized spacial score (nSPS) is 35.3. The molecule has 4 rings (SSSR count). The molecule has 0 radical (unpaired) electrons. The van der Waals surface area contributed by atoms with E-state index in [0.29, 0.717) is 19.1 Å². The van der Waals surface area contributed by atoms with Crippen LogP contribution in [-0.2, 0) is 14.6 Å². The number of nitrogens with zero attached hydrogens (tertiary/aromatic N) is 4. The zero-order valence-corrected chi connectivity index (χ0v) is 16.8. The van der Waals surface area contributed by atoms with Crippen LogP contribution in [0.4, 0.5) is 0 Å². The fourth-order valence-corrected chi connectivity index (χ4v) is 6.49. The van der Waals surface area contributed by atoms with Crippen LogP contribution >= 0.6 is 0 Å². The smallest absolute Gasteiger partial charge is 0.219 e. The van der Waals surface area contributed by atoms with E-state index in [1.807, 2.05) is 6.20 Å². The van der Waals surface area contributed by atoms with Crippen molar-refractivity contribution in [2.24, 2.45) is 21.8 Å². The number of aliphatic imine (C=N–C) groups is 2. The number of sulfone groups is 1. The summed E-state index contributed by atoms with van der Waals surface area (Å²) in [5.41, 5.74) is -0.401. The van der Waals surface area contributed by atoms with Gasteiger partial charge in [-0.3, -0.25) is 14.7 Å². The van der Waals surface area contributed by atoms with Crippen LogP contribution in [0.2, 0.25) is 0 Å². The predicted molar refractivity (Wildman–Crippen MR) is 104 cm³/mol. The summed E-state index contributed by atoms with van der Waals surface area (Å²) in [5, 5.41) is 2.78. The average molecular weight is 394 g/mol. The van der Waals surface area contributed by atoms with E-state index in [1.165, 1.54) is 6.92 Å². The summed E-state index contributed by atoms with van der Waals surface area (Å²) >= 11 is 0. The second kappa shape index (κ2) is 6.41. The van der Waals surface area contributed by atoms with Crippen molar-refractivity contribution in [3.63, 3.8) is 0 Å². The minimum atomic E-state index is -3.14. The number of rotatable bonds is 5. The van der Waals surface area contributed by atoms with Crippen LogP contribution in [0.1, 0.15) is 26.7 Å². The first-order valence-corrected chi connectivity index (χ1v) is 11.2. The molecule has 9 heteroatoms. The Balaban J connectivity index is 1.32. The molecule has 1 saturated heterocycles. The van der Waals surface area contributed by atoms with E-state index in [-0.39, 0.29) is 28.7 Å². The van der Waals surface area contributed by atoms with Gasteiger partial charge in [0.2, 0.25) is 5.91 Å². The number of carbonyl (C=O) groups is 1. The number of amidine groups is 1. The van der Waals surface area contributed by atoms with E-state index in [4.69, 9.17) is 0 Å². The molecule has 2 fully saturated rings. The third kappa shape index (κ3) is 3.10. The lowest BCUT2D eigenvalue weighted by atomic mass is 9.78. The summed E-state index contributed by atoms with van der Waals surface area (Å²) in [6.07, 6.45) is 7.33. The molecule has 0 aromatic heterocycles. The molecule has 8 nitrogen and oxygen atoms in total. The average Bonchev–Trinajstić information content (AvgIpc) is 2.98. The van der Waals surface area contributed by atoms with Crippen molar-refractivity contribution in [3.05, 3.63) is 12.3 Å². The number of amides is 1. The molecule has 2 unspecified atom stereocenters. The van der Waals surface area contributed by atoms with Crippen LogP contribution in [0.25, 0.3) is 0 Å². The van der Waals surface area contributed by atoms with Crippen LogP contribution in [-0.4, -0.2) is 79.1 Å². The summed E-state index contributed by atoms with van der Waals surface area (Å²) in [5.74, 6) is 1.38. The van der Waals surface area contributed by atoms with Gasteiger partial charge in [0.15, 0.2) is 9.84 Å². The Bertz CT molecular complexity index is 824. The largest absolute Gasteiger partial charge is 0.350 e. The Kier molecular flexibility index (Phi) is 4.42. The van der Waals surface area contributed by atoms with E-state index in [1.54, 1.807) is 11.2 Å². The third-order valence-corrected chi connectivity index (χ3v) is 8.91. The lowest BCUT2D eigenvalue weighted by Crippen LogP contribution is -2.60. The van der Waals surface area contributed by atoms with Gasteiger partial charge in [-0.2, -0.15) is 0 Å². The summed E-state index contributed by atoms with van der Waals surface area (Å²) in [7, 11) is -1.07. The fourth-order valence-electron chi connectivity index (χ4n) is 4.48. The summed E-state index contributed by atoms with van der Waals surface area (Å²) in [6.45, 7) is 4.29. The zero-order valence-electron chi connectivity index (χ0n) is 16.0. The van der Waals surface area contributed by atoms with Crippen LogP contribution in [0.15, 0.2) is 22.3 Å². The van der Waals surface area contributed by atoms with Gasteiger partial charge >= 0.3 is 0 Å². The first-order chi connectivity index (χ1) is 12.7. The second-order valence-electron chi connectivity index (χ2n) is 8.31. The highest BCUT2D eigenvalue weighted by Crippen LogP contribution is 2.40. The molecule has 2 atom stereocenters. The Morgan fingerprint density at radius 2 is 2.11 bits per heavy atom. The number of hydrogen-bond donors (Lipinski definition) is 1. The van der Waals surface area contributed by atoms with E-state index in [9.17, 15) is 13.2 Å². The van der Waals surface area contributed by atoms with Gasteiger partial charge in [-0.1, -0.05) is 6.08 Å². The van der Waals surface area contributed by atoms with Crippen LogP contribution in [0.5, 0.6) is 0 Å². The van der Waals surface area contributed by atoms with Crippen molar-refractivity contribution in [2.75, 3.05) is 25.9 Å². The van der Waals surface area contributed by atoms with Gasteiger partial charge in [-0.15, -0.1) is 0 Å². The molecule has 1 N–H and O–H groups in total. The van der Waals surface area contributed by atoms with Crippen LogP contribution < -0.4 is 5.32 Å². The minimum Gasteiger partial charge on any atom is -0.350 e. The van der Waals surface area contributed by atoms with E-state index in [0.717, 1.165) is 18.7 Å². The van der Waals surface area contributed by atoms with Gasteiger partial charge < -0.3 is 10.2 Å². The second-order valence-corrected chi connectivity index (χ2v) is 10.6. The molecule has 148 valence electrons. The molecule has 27 heavy (non-hydrogen) atoms. The minimum absolute atomic E-state index is 0.0496. The Morgan fingerprint density at radius 1 is 1.41 bits per heavy atom. The summed E-state index contributed by atoms with van der Waals surface area (Å²) in [6, 6.07) is 0.316. The molecule has 3 aliphatic heterocycles. The molecule has 1 amide bonds. The van der Waals surface area contributed by atoms with E-state index in [2.05, 4.69) is 40.2 Å². The number of carbonyl (C=O) groups excluding carboxylic acids is 1. The van der Waals surface area contributed by atoms with E-state index < -0.39 is 15.5 Å². The maximum absolute atomic E-state index is 12.6. The molecular formula is C18H27N5O3S. The molecule has 0 aromatic rings. The van der Waals surface area contributed by atoms with Crippen molar-refractivity contribution in [2.45, 2.75) is 43.6 Å². The SMILES string of the molecule is CC(=O)N1CC(S(=O)(=O)C[C@H]2C[C@@H](N(C)C3(C)N=CN=C4NC=CC43)C2)C1. The van der Waals surface area contributed by atoms with Gasteiger partial charge in [-0.05, 0) is 38.9 Å². The van der Waals surface area contributed by atoms with Crippen molar-refractivity contribution in [1.29, 1.82) is 0 Å². The van der Waals surface area contributed by atoms with Crippen LogP contribution in [0, 0.1) is 11.8 Å². The molecule has 0 bridgehead atoms. The van der Waals surface area contributed by atoms with Gasteiger partial charge in [0, 0.05) is 26.1 Å². The highest BCUT2D eigenvalue weighted by atomic mass is 32.2. The zero-order chi connectivity index (χ0) is 19.4.